The highest BCUT2D eigenvalue weighted by molar-refractivity contribution is 9.10. The first kappa shape index (κ1) is 17.8. The van der Waals surface area contributed by atoms with Crippen molar-refractivity contribution in [1.29, 1.82) is 0 Å². The molecule has 0 aromatic carbocycles. The van der Waals surface area contributed by atoms with Crippen LogP contribution in [0, 0.1) is 0 Å². The van der Waals surface area contributed by atoms with Crippen molar-refractivity contribution in [3.05, 3.63) is 28.5 Å². The molecule has 5 atom stereocenters. The van der Waals surface area contributed by atoms with Crippen molar-refractivity contribution in [2.75, 3.05) is 6.61 Å². The average molecular weight is 416 g/mol. The van der Waals surface area contributed by atoms with E-state index in [4.69, 9.17) is 23.7 Å². The molecule has 8 heteroatoms. The number of aliphatic hydroxyl groups is 1. The first-order valence-electron chi connectivity index (χ1n) is 8.29. The fourth-order valence-electron chi connectivity index (χ4n) is 3.70. The summed E-state index contributed by atoms with van der Waals surface area (Å²) in [7, 11) is 0. The summed E-state index contributed by atoms with van der Waals surface area (Å²) in [6.45, 7) is 7.54. The summed E-state index contributed by atoms with van der Waals surface area (Å²) < 4.78 is 30.1. The lowest BCUT2D eigenvalue weighted by molar-refractivity contribution is -0.251. The minimum Gasteiger partial charge on any atom is -0.378 e. The smallest absolute Gasteiger partial charge is 0.191 e. The van der Waals surface area contributed by atoms with E-state index < -0.39 is 41.8 Å². The highest BCUT2D eigenvalue weighted by atomic mass is 79.9. The minimum absolute atomic E-state index is 0.302. The number of rotatable bonds is 2. The van der Waals surface area contributed by atoms with Crippen LogP contribution in [-0.4, -0.2) is 52.9 Å². The van der Waals surface area contributed by atoms with Crippen molar-refractivity contribution in [2.24, 2.45) is 0 Å². The minimum atomic E-state index is -1.53. The van der Waals surface area contributed by atoms with Crippen LogP contribution in [-0.2, 0) is 29.3 Å². The van der Waals surface area contributed by atoms with Gasteiger partial charge in [-0.1, -0.05) is 6.07 Å². The molecule has 138 valence electrons. The van der Waals surface area contributed by atoms with E-state index in [-0.39, 0.29) is 0 Å². The number of aromatic nitrogens is 1. The Hall–Kier alpha value is -0.610. The quantitative estimate of drug-likeness (QED) is 0.740. The van der Waals surface area contributed by atoms with Crippen LogP contribution in [0.15, 0.2) is 22.8 Å². The highest BCUT2D eigenvalue weighted by Gasteiger charge is 2.67. The second kappa shape index (κ2) is 5.69. The fourth-order valence-corrected chi connectivity index (χ4v) is 4.04. The summed E-state index contributed by atoms with van der Waals surface area (Å²) in [4.78, 5) is 4.45. The maximum atomic E-state index is 11.7. The van der Waals surface area contributed by atoms with Crippen LogP contribution in [0.25, 0.3) is 0 Å². The summed E-state index contributed by atoms with van der Waals surface area (Å²) >= 11 is 3.36. The largest absolute Gasteiger partial charge is 0.378 e. The molecular formula is C17H22BrNO6. The Bertz CT molecular complexity index is 683. The topological polar surface area (TPSA) is 79.3 Å². The highest BCUT2D eigenvalue weighted by Crippen LogP contribution is 2.50. The normalized spacial score (nSPS) is 41.8. The molecule has 3 saturated heterocycles. The maximum Gasteiger partial charge on any atom is 0.191 e. The Balaban J connectivity index is 1.74. The van der Waals surface area contributed by atoms with Gasteiger partial charge in [0, 0.05) is 0 Å². The van der Waals surface area contributed by atoms with Crippen molar-refractivity contribution < 1.29 is 28.8 Å². The molecule has 0 bridgehead atoms. The van der Waals surface area contributed by atoms with E-state index in [9.17, 15) is 5.11 Å². The lowest BCUT2D eigenvalue weighted by Crippen LogP contribution is -2.52. The molecule has 0 aliphatic carbocycles. The number of ether oxygens (including phenoxy) is 5. The van der Waals surface area contributed by atoms with E-state index in [1.807, 2.05) is 19.9 Å². The molecule has 3 aliphatic heterocycles. The molecule has 7 nitrogen and oxygen atoms in total. The van der Waals surface area contributed by atoms with Crippen molar-refractivity contribution in [2.45, 2.75) is 69.5 Å². The zero-order valence-electron chi connectivity index (χ0n) is 14.6. The first-order chi connectivity index (χ1) is 11.6. The molecule has 1 aromatic heterocycles. The molecule has 1 N–H and O–H groups in total. The Morgan fingerprint density at radius 3 is 2.48 bits per heavy atom. The van der Waals surface area contributed by atoms with Crippen LogP contribution in [0.2, 0.25) is 0 Å². The molecule has 3 fully saturated rings. The molecule has 0 amide bonds. The van der Waals surface area contributed by atoms with E-state index in [1.165, 1.54) is 0 Å². The second-order valence-corrected chi connectivity index (χ2v) is 8.33. The molecule has 0 saturated carbocycles. The molecule has 4 heterocycles. The summed E-state index contributed by atoms with van der Waals surface area (Å²) in [6, 6.07) is 5.36. The van der Waals surface area contributed by atoms with Crippen LogP contribution in [0.1, 0.15) is 33.4 Å². The van der Waals surface area contributed by atoms with Crippen LogP contribution >= 0.6 is 15.9 Å². The second-order valence-electron chi connectivity index (χ2n) is 7.52. The number of hydrogen-bond acceptors (Lipinski definition) is 7. The summed E-state index contributed by atoms with van der Waals surface area (Å²) in [5, 5.41) is 11.7. The monoisotopic (exact) mass is 415 g/mol. The van der Waals surface area contributed by atoms with E-state index in [2.05, 4.69) is 20.9 Å². The number of fused-ring (bicyclic) bond motifs is 1. The van der Waals surface area contributed by atoms with Crippen LogP contribution in [0.4, 0.5) is 0 Å². The van der Waals surface area contributed by atoms with Crippen molar-refractivity contribution in [3.8, 4) is 0 Å². The van der Waals surface area contributed by atoms with Gasteiger partial charge in [0.2, 0.25) is 0 Å². The molecule has 25 heavy (non-hydrogen) atoms. The third-order valence-electron chi connectivity index (χ3n) is 4.70. The van der Waals surface area contributed by atoms with Gasteiger partial charge in [-0.2, -0.15) is 0 Å². The van der Waals surface area contributed by atoms with E-state index in [0.29, 0.717) is 16.9 Å². The van der Waals surface area contributed by atoms with Gasteiger partial charge in [0.05, 0.1) is 12.3 Å². The van der Waals surface area contributed by atoms with Crippen LogP contribution < -0.4 is 0 Å². The third-order valence-corrected chi connectivity index (χ3v) is 5.14. The molecule has 3 aliphatic rings. The predicted octanol–water partition coefficient (Wildman–Crippen LogP) is 2.06. The molecular weight excluding hydrogens is 394 g/mol. The van der Waals surface area contributed by atoms with Gasteiger partial charge in [-0.25, -0.2) is 4.98 Å². The maximum absolute atomic E-state index is 11.7. The van der Waals surface area contributed by atoms with Crippen molar-refractivity contribution in [3.63, 3.8) is 0 Å². The average Bonchev–Trinajstić information content (AvgIpc) is 3.10. The van der Waals surface area contributed by atoms with Gasteiger partial charge in [-0.05, 0) is 55.8 Å². The standard InChI is InChI=1S/C17H22BrNO6/c1-15(2)21-8-9(23-15)12-17(20,10-6-5-7-11(18)19-10)13-14(22-12)25-16(3,4)24-13/h5-7,9,12-14,20H,8H2,1-4H3/t9-,12-,13+,14-,17-/m1/s1. The fraction of sp³-hybridized carbons (Fsp3) is 0.706. The SMILES string of the molecule is CC1(C)OC[C@H]([C@H]2O[C@@H]3OC(C)(C)O[C@@H]3[C@@]2(O)c2cccc(Br)n2)O1. The molecule has 0 unspecified atom stereocenters. The Kier molecular flexibility index (Phi) is 4.05. The summed E-state index contributed by atoms with van der Waals surface area (Å²) in [6.07, 6.45) is -2.64. The lowest BCUT2D eigenvalue weighted by atomic mass is 9.85. The van der Waals surface area contributed by atoms with Gasteiger partial charge in [-0.3, -0.25) is 0 Å². The number of halogens is 1. The van der Waals surface area contributed by atoms with Crippen molar-refractivity contribution >= 4 is 15.9 Å². The Morgan fingerprint density at radius 1 is 1.08 bits per heavy atom. The lowest BCUT2D eigenvalue weighted by Gasteiger charge is -2.35. The predicted molar refractivity (Wildman–Crippen MR) is 89.4 cm³/mol. The molecule has 0 spiro atoms. The van der Waals surface area contributed by atoms with Gasteiger partial charge >= 0.3 is 0 Å². The number of pyridine rings is 1. The van der Waals surface area contributed by atoms with E-state index in [0.717, 1.165) is 0 Å². The molecule has 0 radical (unpaired) electrons. The van der Waals surface area contributed by atoms with Gasteiger partial charge in [0.25, 0.3) is 0 Å². The van der Waals surface area contributed by atoms with Crippen LogP contribution in [0.5, 0.6) is 0 Å². The third kappa shape index (κ3) is 2.93. The van der Waals surface area contributed by atoms with Gasteiger partial charge in [0.15, 0.2) is 23.5 Å². The zero-order chi connectivity index (χ0) is 18.0. The first-order valence-corrected chi connectivity index (χ1v) is 9.08. The van der Waals surface area contributed by atoms with Crippen molar-refractivity contribution in [1.82, 2.24) is 4.98 Å². The van der Waals surface area contributed by atoms with E-state index >= 15 is 0 Å². The summed E-state index contributed by atoms with van der Waals surface area (Å²) in [5.74, 6) is -1.59. The zero-order valence-corrected chi connectivity index (χ0v) is 16.1. The number of nitrogens with zero attached hydrogens (tertiary/aromatic N) is 1. The Labute approximate surface area is 154 Å². The van der Waals surface area contributed by atoms with Gasteiger partial charge in [0.1, 0.15) is 22.9 Å². The van der Waals surface area contributed by atoms with Crippen LogP contribution in [0.3, 0.4) is 0 Å². The van der Waals surface area contributed by atoms with Gasteiger partial charge < -0.3 is 28.8 Å². The van der Waals surface area contributed by atoms with E-state index in [1.54, 1.807) is 26.0 Å². The summed E-state index contributed by atoms with van der Waals surface area (Å²) in [5.41, 5.74) is -1.09. The van der Waals surface area contributed by atoms with Gasteiger partial charge in [-0.15, -0.1) is 0 Å². The molecule has 1 aromatic rings. The molecule has 4 rings (SSSR count). The Morgan fingerprint density at radius 2 is 1.84 bits per heavy atom. The number of hydrogen-bond donors (Lipinski definition) is 1.